The number of halogens is 1. The Morgan fingerprint density at radius 1 is 1.11 bits per heavy atom. The van der Waals surface area contributed by atoms with Gasteiger partial charge >= 0.3 is 0 Å². The minimum absolute atomic E-state index is 0.0350. The molecule has 9 heteroatoms. The van der Waals surface area contributed by atoms with Crippen molar-refractivity contribution >= 4 is 46.8 Å². The van der Waals surface area contributed by atoms with Crippen molar-refractivity contribution in [1.82, 2.24) is 10.2 Å². The number of aliphatic hydroxyl groups is 1. The van der Waals surface area contributed by atoms with Crippen molar-refractivity contribution in [3.8, 4) is 0 Å². The lowest BCUT2D eigenvalue weighted by Gasteiger charge is -2.34. The fraction of sp³-hybridized carbons (Fsp3) is 0.423. The number of β-amino-alcohol motifs (C(OH)–C–C–N with tert-alkyl or cyclic N) is 1. The van der Waals surface area contributed by atoms with Crippen LogP contribution in [0.4, 0.5) is 5.69 Å². The van der Waals surface area contributed by atoms with Gasteiger partial charge in [-0.05, 0) is 37.5 Å². The Labute approximate surface area is 213 Å². The quantitative estimate of drug-likeness (QED) is 0.528. The number of amides is 3. The van der Waals surface area contributed by atoms with Gasteiger partial charge in [-0.3, -0.25) is 14.4 Å². The maximum atomic E-state index is 13.7. The van der Waals surface area contributed by atoms with Gasteiger partial charge in [0.2, 0.25) is 17.7 Å². The maximum Gasteiger partial charge on any atom is 0.248 e. The molecule has 2 bridgehead atoms. The third-order valence-electron chi connectivity index (χ3n) is 7.59. The van der Waals surface area contributed by atoms with E-state index in [9.17, 15) is 19.5 Å². The molecule has 0 aromatic heterocycles. The molecule has 2 aromatic rings. The molecular formula is C26H28ClN3O4S. The van der Waals surface area contributed by atoms with E-state index in [0.29, 0.717) is 23.7 Å². The van der Waals surface area contributed by atoms with Crippen molar-refractivity contribution in [1.29, 1.82) is 0 Å². The number of nitrogens with zero attached hydrogens (tertiary/aromatic N) is 1. The van der Waals surface area contributed by atoms with Crippen molar-refractivity contribution < 1.29 is 19.5 Å². The summed E-state index contributed by atoms with van der Waals surface area (Å²) in [4.78, 5) is 42.4. The van der Waals surface area contributed by atoms with Crippen LogP contribution in [0.25, 0.3) is 0 Å². The Kier molecular flexibility index (Phi) is 6.32. The molecule has 0 radical (unpaired) electrons. The third kappa shape index (κ3) is 3.92. The average molecular weight is 514 g/mol. The lowest BCUT2D eigenvalue weighted by atomic mass is 9.66. The SMILES string of the molecule is C[C@]12CCC3(S1)C(C(=O)Nc1ccccc1Cl)N(CCO)C(=O)[C@@H]3[C@H]2C(=O)NCc1ccccc1. The number of thioether (sulfide) groups is 1. The molecule has 3 aliphatic heterocycles. The number of likely N-dealkylation sites (tertiary alicyclic amines) is 1. The van der Waals surface area contributed by atoms with Gasteiger partial charge in [0.15, 0.2) is 0 Å². The molecule has 3 saturated heterocycles. The molecule has 3 heterocycles. The van der Waals surface area contributed by atoms with Crippen molar-refractivity contribution in [3.63, 3.8) is 0 Å². The molecule has 3 N–H and O–H groups in total. The van der Waals surface area contributed by atoms with E-state index >= 15 is 0 Å². The van der Waals surface area contributed by atoms with Crippen LogP contribution < -0.4 is 10.6 Å². The van der Waals surface area contributed by atoms with Gasteiger partial charge in [-0.25, -0.2) is 0 Å². The summed E-state index contributed by atoms with van der Waals surface area (Å²) >= 11 is 7.86. The first-order valence-electron chi connectivity index (χ1n) is 11.8. The second-order valence-electron chi connectivity index (χ2n) is 9.66. The van der Waals surface area contributed by atoms with Crippen LogP contribution in [-0.2, 0) is 20.9 Å². The van der Waals surface area contributed by atoms with Crippen LogP contribution in [0.15, 0.2) is 54.6 Å². The fourth-order valence-electron chi connectivity index (χ4n) is 6.13. The van der Waals surface area contributed by atoms with Crippen molar-refractivity contribution in [2.24, 2.45) is 11.8 Å². The highest BCUT2D eigenvalue weighted by Crippen LogP contribution is 2.71. The highest BCUT2D eigenvalue weighted by atomic mass is 35.5. The summed E-state index contributed by atoms with van der Waals surface area (Å²) in [6.45, 7) is 2.18. The lowest BCUT2D eigenvalue weighted by Crippen LogP contribution is -2.52. The number of aliphatic hydroxyl groups excluding tert-OH is 1. The predicted octanol–water partition coefficient (Wildman–Crippen LogP) is 3.07. The van der Waals surface area contributed by atoms with Crippen LogP contribution in [0.1, 0.15) is 25.3 Å². The van der Waals surface area contributed by atoms with E-state index in [2.05, 4.69) is 10.6 Å². The van der Waals surface area contributed by atoms with E-state index in [-0.39, 0.29) is 30.9 Å². The van der Waals surface area contributed by atoms with Crippen LogP contribution in [0.5, 0.6) is 0 Å². The second-order valence-corrected chi connectivity index (χ2v) is 12.0. The van der Waals surface area contributed by atoms with Crippen molar-refractivity contribution in [2.45, 2.75) is 41.8 Å². The smallest absolute Gasteiger partial charge is 0.248 e. The highest BCUT2D eigenvalue weighted by molar-refractivity contribution is 8.02. The van der Waals surface area contributed by atoms with Crippen LogP contribution in [0.3, 0.4) is 0 Å². The topological polar surface area (TPSA) is 98.7 Å². The monoisotopic (exact) mass is 513 g/mol. The number of fused-ring (bicyclic) bond motifs is 1. The molecule has 2 aromatic carbocycles. The molecule has 3 amide bonds. The van der Waals surface area contributed by atoms with Crippen molar-refractivity contribution in [3.05, 3.63) is 65.2 Å². The summed E-state index contributed by atoms with van der Waals surface area (Å²) in [6, 6.07) is 15.8. The van der Waals surface area contributed by atoms with Crippen molar-refractivity contribution in [2.75, 3.05) is 18.5 Å². The Morgan fingerprint density at radius 3 is 2.54 bits per heavy atom. The summed E-state index contributed by atoms with van der Waals surface area (Å²) in [6.07, 6.45) is 1.38. The largest absolute Gasteiger partial charge is 0.395 e. The molecule has 7 nitrogen and oxygen atoms in total. The molecule has 3 aliphatic rings. The van der Waals surface area contributed by atoms with Gasteiger partial charge < -0.3 is 20.6 Å². The Bertz CT molecular complexity index is 1160. The molecule has 5 rings (SSSR count). The normalized spacial score (nSPS) is 30.9. The molecule has 1 spiro atoms. The lowest BCUT2D eigenvalue weighted by molar-refractivity contribution is -0.140. The summed E-state index contributed by atoms with van der Waals surface area (Å²) in [7, 11) is 0. The number of hydrogen-bond acceptors (Lipinski definition) is 5. The van der Waals surface area contributed by atoms with Gasteiger partial charge in [-0.1, -0.05) is 54.1 Å². The van der Waals surface area contributed by atoms with Gasteiger partial charge in [0.25, 0.3) is 0 Å². The van der Waals surface area contributed by atoms with Gasteiger partial charge in [-0.2, -0.15) is 0 Å². The second kappa shape index (κ2) is 9.15. The minimum Gasteiger partial charge on any atom is -0.395 e. The Morgan fingerprint density at radius 2 is 1.83 bits per heavy atom. The molecule has 0 aliphatic carbocycles. The van der Waals surface area contributed by atoms with E-state index in [1.165, 1.54) is 4.90 Å². The number of anilines is 1. The predicted molar refractivity (Wildman–Crippen MR) is 136 cm³/mol. The van der Waals surface area contributed by atoms with Gasteiger partial charge in [0, 0.05) is 17.8 Å². The van der Waals surface area contributed by atoms with E-state index < -0.39 is 27.4 Å². The summed E-state index contributed by atoms with van der Waals surface area (Å²) in [5.74, 6) is -1.94. The van der Waals surface area contributed by atoms with E-state index in [1.54, 1.807) is 36.0 Å². The number of hydrogen-bond donors (Lipinski definition) is 3. The zero-order valence-corrected chi connectivity index (χ0v) is 20.9. The Hall–Kier alpha value is -2.55. The van der Waals surface area contributed by atoms with E-state index in [4.69, 9.17) is 11.6 Å². The molecule has 2 unspecified atom stereocenters. The minimum atomic E-state index is -0.804. The first-order valence-corrected chi connectivity index (χ1v) is 13.0. The number of nitrogens with one attached hydrogen (secondary N) is 2. The fourth-order valence-corrected chi connectivity index (χ4v) is 8.67. The first-order chi connectivity index (χ1) is 16.8. The summed E-state index contributed by atoms with van der Waals surface area (Å²) in [5.41, 5.74) is 1.45. The number of para-hydroxylation sites is 1. The molecular weight excluding hydrogens is 486 g/mol. The Balaban J connectivity index is 1.45. The first kappa shape index (κ1) is 24.2. The zero-order valence-electron chi connectivity index (χ0n) is 19.4. The van der Waals surface area contributed by atoms with Crippen LogP contribution in [0.2, 0.25) is 5.02 Å². The van der Waals surface area contributed by atoms with Crippen LogP contribution >= 0.6 is 23.4 Å². The van der Waals surface area contributed by atoms with Gasteiger partial charge in [0.1, 0.15) is 6.04 Å². The number of benzene rings is 2. The molecule has 184 valence electrons. The highest BCUT2D eigenvalue weighted by Gasteiger charge is 2.77. The zero-order chi connectivity index (χ0) is 24.8. The third-order valence-corrected chi connectivity index (χ3v) is 9.90. The molecule has 0 saturated carbocycles. The number of carbonyl (C=O) groups is 3. The average Bonchev–Trinajstić information content (AvgIpc) is 3.41. The summed E-state index contributed by atoms with van der Waals surface area (Å²) in [5, 5.41) is 16.0. The van der Waals surface area contributed by atoms with E-state index in [0.717, 1.165) is 12.0 Å². The number of rotatable bonds is 7. The maximum absolute atomic E-state index is 13.7. The molecule has 3 fully saturated rings. The molecule has 35 heavy (non-hydrogen) atoms. The van der Waals surface area contributed by atoms with Gasteiger partial charge in [-0.15, -0.1) is 11.8 Å². The number of carbonyl (C=O) groups excluding carboxylic acids is 3. The van der Waals surface area contributed by atoms with Crippen LogP contribution in [-0.4, -0.2) is 56.4 Å². The van der Waals surface area contributed by atoms with Crippen LogP contribution in [0, 0.1) is 11.8 Å². The van der Waals surface area contributed by atoms with E-state index in [1.807, 2.05) is 37.3 Å². The summed E-state index contributed by atoms with van der Waals surface area (Å²) < 4.78 is -1.18. The molecule has 5 atom stereocenters. The standard InChI is InChI=1S/C26H28ClN3O4S/c1-25-11-12-26(35-25)20(19(25)22(32)28-15-16-7-3-2-4-8-16)24(34)30(13-14-31)21(26)23(33)29-18-10-6-5-9-17(18)27/h2-10,19-21,31H,11-15H2,1H3,(H,28,32)(H,29,33)/t19-,20-,21?,25+,26?/m0/s1. The van der Waals surface area contributed by atoms with Gasteiger partial charge in [0.05, 0.1) is 33.9 Å².